The maximum absolute atomic E-state index is 12.1. The second-order valence-electron chi connectivity index (χ2n) is 3.44. The lowest BCUT2D eigenvalue weighted by molar-refractivity contribution is 0.0971. The van der Waals surface area contributed by atoms with Crippen molar-refractivity contribution in [2.24, 2.45) is 0 Å². The summed E-state index contributed by atoms with van der Waals surface area (Å²) in [6, 6.07) is 2.88. The molecule has 5 nitrogen and oxygen atoms in total. The Balaban J connectivity index is 2.42. The smallest absolute Gasteiger partial charge is 0.219 e. The van der Waals surface area contributed by atoms with E-state index in [9.17, 15) is 14.7 Å². The number of phenolic OH excluding ortho intramolecular Hbond substituents is 1. The van der Waals surface area contributed by atoms with Gasteiger partial charge in [0.05, 0.1) is 22.9 Å². The van der Waals surface area contributed by atoms with Crippen molar-refractivity contribution in [2.45, 2.75) is 0 Å². The number of phenols is 1. The second kappa shape index (κ2) is 3.44. The Bertz CT molecular complexity index is 625. The molecule has 3 rings (SSSR count). The number of hydrogen-bond donors (Lipinski definition) is 1. The lowest BCUT2D eigenvalue weighted by Gasteiger charge is -2.14. The molecule has 0 aliphatic heterocycles. The molecule has 0 bridgehead atoms. The predicted octanol–water partition coefficient (Wildman–Crippen LogP) is 1.78. The highest BCUT2D eigenvalue weighted by Crippen LogP contribution is 2.35. The van der Waals surface area contributed by atoms with Crippen LogP contribution in [-0.2, 0) is 0 Å². The zero-order valence-corrected chi connectivity index (χ0v) is 10.5. The molecule has 7 heteroatoms. The molecule has 84 valence electrons. The fraction of sp³-hybridized carbons (Fsp3) is 0. The van der Waals surface area contributed by atoms with Crippen LogP contribution in [0.15, 0.2) is 16.6 Å². The molecule has 0 radical (unpaired) electrons. The van der Waals surface area contributed by atoms with Crippen molar-refractivity contribution in [1.29, 1.82) is 0 Å². The maximum Gasteiger partial charge on any atom is 0.219 e. The van der Waals surface area contributed by atoms with Gasteiger partial charge in [0.25, 0.3) is 0 Å². The van der Waals surface area contributed by atoms with E-state index in [0.717, 1.165) is 11.7 Å². The third-order valence-electron chi connectivity index (χ3n) is 2.51. The lowest BCUT2D eigenvalue weighted by Crippen LogP contribution is -2.21. The highest BCUT2D eigenvalue weighted by atomic mass is 79.9. The van der Waals surface area contributed by atoms with Crippen molar-refractivity contribution in [3.63, 3.8) is 0 Å². The Morgan fingerprint density at radius 3 is 2.29 bits per heavy atom. The molecule has 1 aliphatic carbocycles. The summed E-state index contributed by atoms with van der Waals surface area (Å²) in [6.07, 6.45) is 0. The minimum Gasteiger partial charge on any atom is -0.507 e. The molecular formula is C10H3BrN2O3S. The van der Waals surface area contributed by atoms with E-state index in [1.54, 1.807) is 0 Å². The van der Waals surface area contributed by atoms with Gasteiger partial charge < -0.3 is 5.11 Å². The first-order valence-corrected chi connectivity index (χ1v) is 6.07. The van der Waals surface area contributed by atoms with Crippen molar-refractivity contribution in [2.75, 3.05) is 0 Å². The number of ketones is 2. The van der Waals surface area contributed by atoms with Gasteiger partial charge in [-0.3, -0.25) is 9.59 Å². The van der Waals surface area contributed by atoms with Crippen LogP contribution >= 0.6 is 27.7 Å². The summed E-state index contributed by atoms with van der Waals surface area (Å²) in [4.78, 5) is 24.2. The summed E-state index contributed by atoms with van der Waals surface area (Å²) in [5.74, 6) is -1.09. The zero-order valence-electron chi connectivity index (χ0n) is 8.10. The van der Waals surface area contributed by atoms with Gasteiger partial charge in [-0.25, -0.2) is 0 Å². The van der Waals surface area contributed by atoms with E-state index in [-0.39, 0.29) is 28.3 Å². The van der Waals surface area contributed by atoms with Crippen LogP contribution in [0.2, 0.25) is 0 Å². The first kappa shape index (κ1) is 10.5. The summed E-state index contributed by atoms with van der Waals surface area (Å²) >= 11 is 4.00. The summed E-state index contributed by atoms with van der Waals surface area (Å²) in [5.41, 5.74) is 0.208. The molecule has 2 aromatic rings. The molecule has 0 saturated carbocycles. The van der Waals surface area contributed by atoms with Gasteiger partial charge in [-0.05, 0) is 12.1 Å². The Hall–Kier alpha value is -1.60. The van der Waals surface area contributed by atoms with Crippen molar-refractivity contribution in [3.05, 3.63) is 39.1 Å². The molecule has 0 amide bonds. The van der Waals surface area contributed by atoms with Crippen LogP contribution in [0.5, 0.6) is 5.75 Å². The highest BCUT2D eigenvalue weighted by molar-refractivity contribution is 9.10. The summed E-state index contributed by atoms with van der Waals surface area (Å²) in [7, 11) is 0. The third-order valence-corrected chi connectivity index (χ3v) is 3.69. The first-order chi connectivity index (χ1) is 8.11. The van der Waals surface area contributed by atoms with E-state index in [0.29, 0.717) is 4.47 Å². The molecule has 1 N–H and O–H groups in total. The van der Waals surface area contributed by atoms with E-state index in [2.05, 4.69) is 24.7 Å². The Morgan fingerprint density at radius 2 is 1.65 bits per heavy atom. The van der Waals surface area contributed by atoms with Crippen molar-refractivity contribution in [3.8, 4) is 5.75 Å². The molecule has 0 atom stereocenters. The summed E-state index contributed by atoms with van der Waals surface area (Å²) in [6.45, 7) is 0. The van der Waals surface area contributed by atoms with Crippen LogP contribution in [0.4, 0.5) is 0 Å². The van der Waals surface area contributed by atoms with Crippen molar-refractivity contribution >= 4 is 39.2 Å². The SMILES string of the molecule is O=C1c2nsnc2C(=O)c2c(Br)ccc(O)c21. The molecule has 17 heavy (non-hydrogen) atoms. The molecule has 1 aromatic heterocycles. The number of carbonyl (C=O) groups is 2. The van der Waals surface area contributed by atoms with Crippen molar-refractivity contribution in [1.82, 2.24) is 8.75 Å². The number of nitrogens with zero attached hydrogens (tertiary/aromatic N) is 2. The fourth-order valence-electron chi connectivity index (χ4n) is 1.74. The van der Waals surface area contributed by atoms with Crippen LogP contribution < -0.4 is 0 Å². The number of halogens is 1. The van der Waals surface area contributed by atoms with Gasteiger partial charge in [0.2, 0.25) is 11.6 Å². The van der Waals surface area contributed by atoms with E-state index < -0.39 is 11.6 Å². The average molecular weight is 311 g/mol. The van der Waals surface area contributed by atoms with E-state index >= 15 is 0 Å². The summed E-state index contributed by atoms with van der Waals surface area (Å²) in [5, 5.41) is 9.69. The Labute approximate surface area is 108 Å². The van der Waals surface area contributed by atoms with Crippen LogP contribution in [0.25, 0.3) is 0 Å². The number of benzene rings is 1. The minimum atomic E-state index is -0.470. The van der Waals surface area contributed by atoms with Crippen LogP contribution in [0, 0.1) is 0 Å². The van der Waals surface area contributed by atoms with Crippen LogP contribution in [-0.4, -0.2) is 25.4 Å². The highest BCUT2D eigenvalue weighted by Gasteiger charge is 2.36. The van der Waals surface area contributed by atoms with Gasteiger partial charge >= 0.3 is 0 Å². The van der Waals surface area contributed by atoms with Gasteiger partial charge in [0, 0.05) is 4.47 Å². The largest absolute Gasteiger partial charge is 0.507 e. The van der Waals surface area contributed by atoms with Gasteiger partial charge in [-0.1, -0.05) is 15.9 Å². The number of carbonyl (C=O) groups excluding carboxylic acids is 2. The van der Waals surface area contributed by atoms with Crippen LogP contribution in [0.1, 0.15) is 32.1 Å². The topological polar surface area (TPSA) is 80.2 Å². The molecule has 1 aromatic carbocycles. The number of fused-ring (bicyclic) bond motifs is 2. The molecule has 1 aliphatic rings. The Morgan fingerprint density at radius 1 is 1.06 bits per heavy atom. The zero-order chi connectivity index (χ0) is 12.2. The van der Waals surface area contributed by atoms with E-state index in [4.69, 9.17) is 0 Å². The minimum absolute atomic E-state index is 0.00965. The van der Waals surface area contributed by atoms with Crippen molar-refractivity contribution < 1.29 is 14.7 Å². The number of rotatable bonds is 0. The van der Waals surface area contributed by atoms with Gasteiger partial charge in [-0.15, -0.1) is 0 Å². The first-order valence-electron chi connectivity index (χ1n) is 4.54. The molecular weight excluding hydrogens is 308 g/mol. The van der Waals surface area contributed by atoms with Gasteiger partial charge in [-0.2, -0.15) is 8.75 Å². The van der Waals surface area contributed by atoms with Gasteiger partial charge in [0.1, 0.15) is 5.75 Å². The molecule has 0 saturated heterocycles. The molecule has 1 heterocycles. The molecule has 0 unspecified atom stereocenters. The molecule has 0 spiro atoms. The van der Waals surface area contributed by atoms with Crippen LogP contribution in [0.3, 0.4) is 0 Å². The Kier molecular flexibility index (Phi) is 2.14. The fourth-order valence-corrected chi connectivity index (χ4v) is 2.79. The normalized spacial score (nSPS) is 13.5. The van der Waals surface area contributed by atoms with E-state index in [1.165, 1.54) is 12.1 Å². The third kappa shape index (κ3) is 1.29. The second-order valence-corrected chi connectivity index (χ2v) is 4.82. The van der Waals surface area contributed by atoms with Gasteiger partial charge in [0.15, 0.2) is 11.4 Å². The monoisotopic (exact) mass is 310 g/mol. The number of aromatic hydroxyl groups is 1. The number of aromatic nitrogens is 2. The standard InChI is InChI=1S/C10H3BrN2O3S/c11-3-1-2-4(14)6-5(3)9(15)7-8(10(6)16)13-17-12-7/h1-2,14H. The summed E-state index contributed by atoms with van der Waals surface area (Å²) < 4.78 is 8.07. The quantitative estimate of drug-likeness (QED) is 0.684. The predicted molar refractivity (Wildman–Crippen MR) is 62.6 cm³/mol. The number of hydrogen-bond acceptors (Lipinski definition) is 6. The van der Waals surface area contributed by atoms with E-state index in [1.807, 2.05) is 0 Å². The maximum atomic E-state index is 12.1. The lowest BCUT2D eigenvalue weighted by atomic mass is 9.89. The molecule has 0 fully saturated rings. The average Bonchev–Trinajstić information content (AvgIpc) is 2.78.